The minimum atomic E-state index is -1.74. The molecule has 0 rings (SSSR count). The molecule has 0 radical (unpaired) electrons. The van der Waals surface area contributed by atoms with Gasteiger partial charge in [0.25, 0.3) is 0 Å². The molecular weight excluding hydrogens is 260 g/mol. The monoisotopic (exact) mass is 290 g/mol. The van der Waals surface area contributed by atoms with Crippen LogP contribution in [0.25, 0.3) is 0 Å². The van der Waals surface area contributed by atoms with Crippen molar-refractivity contribution < 1.29 is 19.0 Å². The fraction of sp³-hybridized carbons (Fsp3) is 0.929. The van der Waals surface area contributed by atoms with E-state index in [1.807, 2.05) is 20.8 Å². The van der Waals surface area contributed by atoms with Crippen LogP contribution in [0.2, 0.25) is 18.1 Å². The normalized spacial score (nSPS) is 14.3. The van der Waals surface area contributed by atoms with E-state index in [1.54, 1.807) is 0 Å². The van der Waals surface area contributed by atoms with Crippen molar-refractivity contribution in [2.75, 3.05) is 0 Å². The van der Waals surface area contributed by atoms with Gasteiger partial charge in [0, 0.05) is 13.3 Å². The molecule has 0 aliphatic rings. The van der Waals surface area contributed by atoms with Gasteiger partial charge in [0.15, 0.2) is 0 Å². The van der Waals surface area contributed by atoms with E-state index < -0.39 is 13.9 Å². The van der Waals surface area contributed by atoms with Gasteiger partial charge < -0.3 is 4.74 Å². The van der Waals surface area contributed by atoms with Gasteiger partial charge in [-0.3, -0.25) is 9.37 Å². The molecule has 0 spiro atoms. The van der Waals surface area contributed by atoms with Crippen LogP contribution >= 0.6 is 0 Å². The molecule has 0 fully saturated rings. The number of hydrogen-bond acceptors (Lipinski definition) is 4. The third-order valence-corrected chi connectivity index (χ3v) is 7.83. The van der Waals surface area contributed by atoms with E-state index in [0.717, 1.165) is 18.1 Å². The zero-order chi connectivity index (χ0) is 15.1. The highest BCUT2D eigenvalue weighted by Gasteiger charge is 2.34. The molecule has 0 amide bonds. The predicted octanol–water partition coefficient (Wildman–Crippen LogP) is 4.06. The Labute approximate surface area is 118 Å². The second kappa shape index (κ2) is 8.02. The second-order valence-corrected chi connectivity index (χ2v) is 10.4. The Morgan fingerprint density at radius 3 is 2.00 bits per heavy atom. The first kappa shape index (κ1) is 18.6. The first-order valence-corrected chi connectivity index (χ1v) is 9.77. The van der Waals surface area contributed by atoms with E-state index >= 15 is 0 Å². The minimum Gasteiger partial charge on any atom is -0.463 e. The molecule has 114 valence electrons. The van der Waals surface area contributed by atoms with Gasteiger partial charge in [0.2, 0.25) is 8.32 Å². The van der Waals surface area contributed by atoms with Crippen LogP contribution in [0.3, 0.4) is 0 Å². The molecule has 19 heavy (non-hydrogen) atoms. The lowest BCUT2D eigenvalue weighted by Crippen LogP contribution is -2.41. The van der Waals surface area contributed by atoms with Crippen LogP contribution in [0.5, 0.6) is 0 Å². The van der Waals surface area contributed by atoms with Crippen molar-refractivity contribution in [3.05, 3.63) is 0 Å². The van der Waals surface area contributed by atoms with Crippen molar-refractivity contribution >= 4 is 14.3 Å². The SMILES string of the molecule is CC[Si](CC)(CC)OOC(C)(C)CC(C)OC(C)=O. The van der Waals surface area contributed by atoms with Crippen LogP contribution in [-0.4, -0.2) is 26.0 Å². The van der Waals surface area contributed by atoms with E-state index in [9.17, 15) is 4.79 Å². The smallest absolute Gasteiger partial charge is 0.302 e. The summed E-state index contributed by atoms with van der Waals surface area (Å²) in [5.74, 6) is -0.261. The average Bonchev–Trinajstić information content (AvgIpc) is 2.29. The summed E-state index contributed by atoms with van der Waals surface area (Å²) in [5.41, 5.74) is -0.452. The molecule has 1 atom stereocenters. The lowest BCUT2D eigenvalue weighted by Gasteiger charge is -2.33. The van der Waals surface area contributed by atoms with Crippen molar-refractivity contribution in [3.63, 3.8) is 0 Å². The van der Waals surface area contributed by atoms with Crippen LogP contribution in [0.4, 0.5) is 0 Å². The van der Waals surface area contributed by atoms with Crippen LogP contribution in [0, 0.1) is 0 Å². The zero-order valence-corrected chi connectivity index (χ0v) is 14.5. The number of hydrogen-bond donors (Lipinski definition) is 0. The molecular formula is C14H30O4Si. The summed E-state index contributed by atoms with van der Waals surface area (Å²) in [7, 11) is -1.74. The van der Waals surface area contributed by atoms with Gasteiger partial charge in [-0.1, -0.05) is 20.8 Å². The van der Waals surface area contributed by atoms with Crippen molar-refractivity contribution in [2.24, 2.45) is 0 Å². The molecule has 0 saturated heterocycles. The maximum Gasteiger partial charge on any atom is 0.302 e. The van der Waals surface area contributed by atoms with Crippen molar-refractivity contribution in [1.82, 2.24) is 0 Å². The molecule has 0 aromatic rings. The lowest BCUT2D eigenvalue weighted by molar-refractivity contribution is -0.297. The van der Waals surface area contributed by atoms with Gasteiger partial charge in [0.1, 0.15) is 11.7 Å². The minimum absolute atomic E-state index is 0.169. The highest BCUT2D eigenvalue weighted by molar-refractivity contribution is 6.73. The molecule has 5 heteroatoms. The quantitative estimate of drug-likeness (QED) is 0.278. The maximum absolute atomic E-state index is 10.9. The molecule has 0 aromatic carbocycles. The maximum atomic E-state index is 10.9. The standard InChI is InChI=1S/C14H30O4Si/c1-8-19(9-2,10-3)18-17-14(6,7)11-12(4)16-13(5)15/h12H,8-11H2,1-7H3. The molecule has 1 unspecified atom stereocenters. The van der Waals surface area contributed by atoms with Crippen molar-refractivity contribution in [1.29, 1.82) is 0 Å². The van der Waals surface area contributed by atoms with Gasteiger partial charge in [-0.05, 0) is 38.9 Å². The lowest BCUT2D eigenvalue weighted by atomic mass is 10.0. The highest BCUT2D eigenvalue weighted by Crippen LogP contribution is 2.27. The average molecular weight is 290 g/mol. The Kier molecular flexibility index (Phi) is 7.85. The van der Waals surface area contributed by atoms with E-state index in [0.29, 0.717) is 6.42 Å². The number of carbonyl (C=O) groups excluding carboxylic acids is 1. The van der Waals surface area contributed by atoms with Crippen LogP contribution < -0.4 is 0 Å². The third-order valence-electron chi connectivity index (χ3n) is 3.52. The topological polar surface area (TPSA) is 44.8 Å². The van der Waals surface area contributed by atoms with Gasteiger partial charge in [-0.25, -0.2) is 4.89 Å². The Hall–Kier alpha value is -0.393. The summed E-state index contributed by atoms with van der Waals surface area (Å²) < 4.78 is 11.0. The van der Waals surface area contributed by atoms with Gasteiger partial charge in [-0.15, -0.1) is 0 Å². The summed E-state index contributed by atoms with van der Waals surface area (Å²) in [6, 6.07) is 3.15. The number of rotatable bonds is 9. The summed E-state index contributed by atoms with van der Waals surface area (Å²) in [6.45, 7) is 13.7. The Bertz CT molecular complexity index is 266. The molecule has 0 aliphatic carbocycles. The first-order chi connectivity index (χ1) is 8.70. The van der Waals surface area contributed by atoms with Crippen LogP contribution in [-0.2, 0) is 19.0 Å². The number of carbonyl (C=O) groups is 1. The fourth-order valence-corrected chi connectivity index (χ4v) is 4.44. The highest BCUT2D eigenvalue weighted by atomic mass is 28.4. The van der Waals surface area contributed by atoms with E-state index in [-0.39, 0.29) is 12.1 Å². The molecule has 0 aromatic heterocycles. The summed E-state index contributed by atoms with van der Waals surface area (Å²) in [4.78, 5) is 16.6. The third kappa shape index (κ3) is 7.08. The molecule has 0 bridgehead atoms. The number of esters is 1. The summed E-state index contributed by atoms with van der Waals surface area (Å²) >= 11 is 0. The second-order valence-electron chi connectivity index (χ2n) is 5.79. The van der Waals surface area contributed by atoms with E-state index in [2.05, 4.69) is 20.8 Å². The van der Waals surface area contributed by atoms with Gasteiger partial charge >= 0.3 is 5.97 Å². The number of ether oxygens (including phenoxy) is 1. The summed E-state index contributed by atoms with van der Waals surface area (Å²) in [5, 5.41) is 0. The largest absolute Gasteiger partial charge is 0.463 e. The van der Waals surface area contributed by atoms with Gasteiger partial charge in [0.05, 0.1) is 0 Å². The Morgan fingerprint density at radius 2 is 1.63 bits per heavy atom. The van der Waals surface area contributed by atoms with Gasteiger partial charge in [-0.2, -0.15) is 0 Å². The van der Waals surface area contributed by atoms with E-state index in [1.165, 1.54) is 6.92 Å². The first-order valence-electron chi connectivity index (χ1n) is 7.24. The van der Waals surface area contributed by atoms with Crippen molar-refractivity contribution in [2.45, 2.75) is 84.7 Å². The van der Waals surface area contributed by atoms with E-state index in [4.69, 9.17) is 14.2 Å². The molecule has 0 aliphatic heterocycles. The molecule has 0 heterocycles. The Morgan fingerprint density at radius 1 is 1.16 bits per heavy atom. The van der Waals surface area contributed by atoms with Crippen molar-refractivity contribution in [3.8, 4) is 0 Å². The molecule has 0 saturated carbocycles. The summed E-state index contributed by atoms with van der Waals surface area (Å²) in [6.07, 6.45) is 0.450. The molecule has 4 nitrogen and oxygen atoms in total. The zero-order valence-electron chi connectivity index (χ0n) is 13.5. The Balaban J connectivity index is 4.39. The van der Waals surface area contributed by atoms with Crippen LogP contribution in [0.15, 0.2) is 0 Å². The fourth-order valence-electron chi connectivity index (χ4n) is 2.18. The predicted molar refractivity (Wildman–Crippen MR) is 79.3 cm³/mol. The van der Waals surface area contributed by atoms with Crippen LogP contribution in [0.1, 0.15) is 54.9 Å². The molecule has 0 N–H and O–H groups in total.